The predicted molar refractivity (Wildman–Crippen MR) is 43.1 cm³/mol. The van der Waals surface area contributed by atoms with Crippen LogP contribution in [0.1, 0.15) is 26.7 Å². The molecular formula is C7H16ClN. The second-order valence-corrected chi connectivity index (χ2v) is 3.16. The van der Waals surface area contributed by atoms with Crippen molar-refractivity contribution in [3.63, 3.8) is 0 Å². The van der Waals surface area contributed by atoms with Crippen molar-refractivity contribution in [2.75, 3.05) is 7.05 Å². The van der Waals surface area contributed by atoms with E-state index in [4.69, 9.17) is 0 Å². The topological polar surface area (TPSA) is 12.0 Å². The van der Waals surface area contributed by atoms with Crippen LogP contribution in [0.4, 0.5) is 0 Å². The summed E-state index contributed by atoms with van der Waals surface area (Å²) in [4.78, 5) is 0. The maximum absolute atomic E-state index is 3.27. The van der Waals surface area contributed by atoms with E-state index in [9.17, 15) is 0 Å². The van der Waals surface area contributed by atoms with Gasteiger partial charge in [-0.25, -0.2) is 0 Å². The van der Waals surface area contributed by atoms with E-state index in [0.29, 0.717) is 11.5 Å². The molecule has 1 saturated carbocycles. The van der Waals surface area contributed by atoms with Gasteiger partial charge < -0.3 is 5.32 Å². The Kier molecular flexibility index (Phi) is 2.97. The highest BCUT2D eigenvalue weighted by molar-refractivity contribution is 5.85. The van der Waals surface area contributed by atoms with E-state index in [1.54, 1.807) is 0 Å². The molecule has 0 aliphatic heterocycles. The molecule has 0 aromatic rings. The molecule has 1 unspecified atom stereocenters. The van der Waals surface area contributed by atoms with Gasteiger partial charge in [-0.05, 0) is 32.2 Å². The smallest absolute Gasteiger partial charge is 0.00895 e. The summed E-state index contributed by atoms with van der Waals surface area (Å²) in [5, 5.41) is 3.27. The minimum absolute atomic E-state index is 0. The summed E-state index contributed by atoms with van der Waals surface area (Å²) in [7, 11) is 2.04. The van der Waals surface area contributed by atoms with E-state index >= 15 is 0 Å². The van der Waals surface area contributed by atoms with E-state index in [1.807, 2.05) is 7.05 Å². The monoisotopic (exact) mass is 149 g/mol. The van der Waals surface area contributed by atoms with Crippen LogP contribution in [0.25, 0.3) is 0 Å². The fourth-order valence-electron chi connectivity index (χ4n) is 0.979. The first-order valence-electron chi connectivity index (χ1n) is 3.36. The molecule has 0 bridgehead atoms. The molecule has 1 aliphatic rings. The molecule has 1 fully saturated rings. The third kappa shape index (κ3) is 1.84. The zero-order valence-electron chi connectivity index (χ0n) is 6.40. The first-order chi connectivity index (χ1) is 3.69. The lowest BCUT2D eigenvalue weighted by Crippen LogP contribution is -2.29. The van der Waals surface area contributed by atoms with Crippen molar-refractivity contribution in [2.24, 2.45) is 5.41 Å². The lowest BCUT2D eigenvalue weighted by Gasteiger charge is -2.16. The van der Waals surface area contributed by atoms with Gasteiger partial charge in [0.2, 0.25) is 0 Å². The molecule has 0 saturated heterocycles. The van der Waals surface area contributed by atoms with E-state index in [2.05, 4.69) is 19.2 Å². The Morgan fingerprint density at radius 1 is 1.44 bits per heavy atom. The second kappa shape index (κ2) is 2.89. The lowest BCUT2D eigenvalue weighted by molar-refractivity contribution is 0.406. The van der Waals surface area contributed by atoms with Gasteiger partial charge in [-0.1, -0.05) is 6.92 Å². The molecule has 1 atom stereocenters. The van der Waals surface area contributed by atoms with Crippen LogP contribution in [-0.4, -0.2) is 13.1 Å². The molecule has 1 N–H and O–H groups in total. The van der Waals surface area contributed by atoms with Crippen LogP contribution >= 0.6 is 12.4 Å². The van der Waals surface area contributed by atoms with Crippen molar-refractivity contribution in [1.29, 1.82) is 0 Å². The van der Waals surface area contributed by atoms with Crippen LogP contribution in [0.3, 0.4) is 0 Å². The zero-order valence-corrected chi connectivity index (χ0v) is 7.22. The molecular weight excluding hydrogens is 134 g/mol. The van der Waals surface area contributed by atoms with Gasteiger partial charge in [-0.15, -0.1) is 12.4 Å². The number of nitrogens with one attached hydrogen (secondary N) is 1. The number of halogens is 1. The average Bonchev–Trinajstić information content (AvgIpc) is 2.47. The SMILES string of the molecule is CNC(C)C1(C)CC1.Cl. The Hall–Kier alpha value is 0.250. The van der Waals surface area contributed by atoms with E-state index in [1.165, 1.54) is 12.8 Å². The van der Waals surface area contributed by atoms with Crippen LogP contribution < -0.4 is 5.32 Å². The third-order valence-corrected chi connectivity index (χ3v) is 2.52. The van der Waals surface area contributed by atoms with Crippen LogP contribution in [0.5, 0.6) is 0 Å². The molecule has 0 amide bonds. The van der Waals surface area contributed by atoms with Gasteiger partial charge in [0, 0.05) is 6.04 Å². The van der Waals surface area contributed by atoms with Gasteiger partial charge in [0.15, 0.2) is 0 Å². The van der Waals surface area contributed by atoms with Crippen molar-refractivity contribution < 1.29 is 0 Å². The van der Waals surface area contributed by atoms with Crippen molar-refractivity contribution >= 4 is 12.4 Å². The molecule has 0 aromatic heterocycles. The number of rotatable bonds is 2. The quantitative estimate of drug-likeness (QED) is 0.632. The number of hydrogen-bond acceptors (Lipinski definition) is 1. The van der Waals surface area contributed by atoms with Crippen LogP contribution in [0.2, 0.25) is 0 Å². The maximum atomic E-state index is 3.27. The largest absolute Gasteiger partial charge is 0.317 e. The van der Waals surface area contributed by atoms with E-state index in [0.717, 1.165) is 0 Å². The summed E-state index contributed by atoms with van der Waals surface area (Å²) in [5.41, 5.74) is 0.648. The summed E-state index contributed by atoms with van der Waals surface area (Å²) in [5.74, 6) is 0. The van der Waals surface area contributed by atoms with E-state index < -0.39 is 0 Å². The Balaban J connectivity index is 0.000000640. The standard InChI is InChI=1S/C7H15N.ClH/c1-6(8-3)7(2)4-5-7;/h6,8H,4-5H2,1-3H3;1H. The van der Waals surface area contributed by atoms with E-state index in [-0.39, 0.29) is 12.4 Å². The highest BCUT2D eigenvalue weighted by atomic mass is 35.5. The molecule has 1 rings (SSSR count). The van der Waals surface area contributed by atoms with Gasteiger partial charge >= 0.3 is 0 Å². The fourth-order valence-corrected chi connectivity index (χ4v) is 0.979. The number of hydrogen-bond donors (Lipinski definition) is 1. The Bertz CT molecular complexity index is 88.9. The normalized spacial score (nSPS) is 24.3. The molecule has 1 aliphatic carbocycles. The maximum Gasteiger partial charge on any atom is 0.00895 e. The molecule has 0 aromatic carbocycles. The first kappa shape index (κ1) is 9.25. The molecule has 0 radical (unpaired) electrons. The Morgan fingerprint density at radius 2 is 1.89 bits per heavy atom. The van der Waals surface area contributed by atoms with Gasteiger partial charge in [-0.3, -0.25) is 0 Å². The third-order valence-electron chi connectivity index (χ3n) is 2.52. The van der Waals surface area contributed by atoms with Crippen molar-refractivity contribution in [2.45, 2.75) is 32.7 Å². The minimum atomic E-state index is 0. The summed E-state index contributed by atoms with van der Waals surface area (Å²) in [6, 6.07) is 0.711. The minimum Gasteiger partial charge on any atom is -0.317 e. The van der Waals surface area contributed by atoms with Crippen LogP contribution in [-0.2, 0) is 0 Å². The molecule has 9 heavy (non-hydrogen) atoms. The van der Waals surface area contributed by atoms with Crippen molar-refractivity contribution in [3.05, 3.63) is 0 Å². The highest BCUT2D eigenvalue weighted by Gasteiger charge is 2.41. The van der Waals surface area contributed by atoms with Gasteiger partial charge in [0.05, 0.1) is 0 Å². The van der Waals surface area contributed by atoms with Crippen molar-refractivity contribution in [3.8, 4) is 0 Å². The van der Waals surface area contributed by atoms with Crippen LogP contribution in [0, 0.1) is 5.41 Å². The molecule has 0 spiro atoms. The highest BCUT2D eigenvalue weighted by Crippen LogP contribution is 2.47. The Labute approximate surface area is 63.6 Å². The summed E-state index contributed by atoms with van der Waals surface area (Å²) < 4.78 is 0. The predicted octanol–water partition coefficient (Wildman–Crippen LogP) is 1.82. The summed E-state index contributed by atoms with van der Waals surface area (Å²) in [6.45, 7) is 4.60. The zero-order chi connectivity index (χ0) is 6.20. The Morgan fingerprint density at radius 3 is 2.00 bits per heavy atom. The van der Waals surface area contributed by atoms with Gasteiger partial charge in [0.1, 0.15) is 0 Å². The molecule has 2 heteroatoms. The van der Waals surface area contributed by atoms with Gasteiger partial charge in [0.25, 0.3) is 0 Å². The summed E-state index contributed by atoms with van der Waals surface area (Å²) >= 11 is 0. The molecule has 1 nitrogen and oxygen atoms in total. The fraction of sp³-hybridized carbons (Fsp3) is 1.00. The van der Waals surface area contributed by atoms with Crippen LogP contribution in [0.15, 0.2) is 0 Å². The second-order valence-electron chi connectivity index (χ2n) is 3.16. The summed E-state index contributed by atoms with van der Waals surface area (Å²) in [6.07, 6.45) is 2.82. The molecule has 0 heterocycles. The van der Waals surface area contributed by atoms with Gasteiger partial charge in [-0.2, -0.15) is 0 Å². The average molecular weight is 150 g/mol. The van der Waals surface area contributed by atoms with Crippen molar-refractivity contribution in [1.82, 2.24) is 5.32 Å². The molecule has 56 valence electrons. The first-order valence-corrected chi connectivity index (χ1v) is 3.36. The lowest BCUT2D eigenvalue weighted by atomic mass is 10.0.